The molecule has 1 amide bonds. The Morgan fingerprint density at radius 3 is 2.79 bits per heavy atom. The maximum absolute atomic E-state index is 13.1. The maximum atomic E-state index is 13.1. The van der Waals surface area contributed by atoms with Gasteiger partial charge >= 0.3 is 0 Å². The number of nitrogens with one attached hydrogen (secondary N) is 2. The molecular formula is C20H25FN6O. The summed E-state index contributed by atoms with van der Waals surface area (Å²) in [6.45, 7) is 6.37. The number of benzene rings is 1. The molecule has 2 aliphatic rings. The number of likely N-dealkylation sites (N-methyl/N-ethyl adjacent to an activating group) is 1. The number of amides is 1. The number of anilines is 3. The van der Waals surface area contributed by atoms with Crippen LogP contribution in [0.2, 0.25) is 0 Å². The van der Waals surface area contributed by atoms with Gasteiger partial charge in [0.25, 0.3) is 0 Å². The van der Waals surface area contributed by atoms with Crippen LogP contribution in [0.5, 0.6) is 0 Å². The molecule has 3 heterocycles. The largest absolute Gasteiger partial charge is 0.350 e. The number of carbonyl (C=O) groups excluding carboxylic acids is 1. The molecule has 4 rings (SSSR count). The van der Waals surface area contributed by atoms with Crippen LogP contribution < -0.4 is 15.5 Å². The highest BCUT2D eigenvalue weighted by Gasteiger charge is 2.31. The molecule has 8 heteroatoms. The molecule has 0 bridgehead atoms. The van der Waals surface area contributed by atoms with Gasteiger partial charge < -0.3 is 15.5 Å². The fourth-order valence-corrected chi connectivity index (χ4v) is 3.74. The van der Waals surface area contributed by atoms with Crippen molar-refractivity contribution in [2.75, 3.05) is 35.7 Å². The number of rotatable bonds is 4. The van der Waals surface area contributed by atoms with E-state index in [0.29, 0.717) is 11.6 Å². The molecule has 2 aliphatic heterocycles. The van der Waals surface area contributed by atoms with Gasteiger partial charge in [0.2, 0.25) is 11.9 Å². The number of likely N-dealkylation sites (tertiary alicyclic amines) is 1. The van der Waals surface area contributed by atoms with E-state index in [-0.39, 0.29) is 23.8 Å². The van der Waals surface area contributed by atoms with Crippen LogP contribution in [0.25, 0.3) is 0 Å². The number of halogens is 1. The van der Waals surface area contributed by atoms with Gasteiger partial charge in [-0.3, -0.25) is 9.69 Å². The van der Waals surface area contributed by atoms with Gasteiger partial charge in [0.15, 0.2) is 5.82 Å². The van der Waals surface area contributed by atoms with E-state index >= 15 is 0 Å². The topological polar surface area (TPSA) is 73.4 Å². The van der Waals surface area contributed by atoms with Gasteiger partial charge in [-0.15, -0.1) is 0 Å². The lowest BCUT2D eigenvalue weighted by atomic mass is 10.2. The summed E-state index contributed by atoms with van der Waals surface area (Å²) in [5.41, 5.74) is 2.54. The molecular weight excluding hydrogens is 359 g/mol. The van der Waals surface area contributed by atoms with Crippen LogP contribution in [0.1, 0.15) is 24.6 Å². The second-order valence-electron chi connectivity index (χ2n) is 7.60. The molecule has 2 atom stereocenters. The van der Waals surface area contributed by atoms with Crippen molar-refractivity contribution in [2.24, 2.45) is 0 Å². The third-order valence-electron chi connectivity index (χ3n) is 5.54. The summed E-state index contributed by atoms with van der Waals surface area (Å²) in [4.78, 5) is 25.4. The molecule has 1 fully saturated rings. The third kappa shape index (κ3) is 3.64. The van der Waals surface area contributed by atoms with E-state index in [1.807, 2.05) is 37.9 Å². The first-order valence-corrected chi connectivity index (χ1v) is 9.56. The summed E-state index contributed by atoms with van der Waals surface area (Å²) in [5, 5.41) is 6.34. The fraction of sp³-hybridized carbons (Fsp3) is 0.450. The van der Waals surface area contributed by atoms with Crippen molar-refractivity contribution in [1.29, 1.82) is 0 Å². The van der Waals surface area contributed by atoms with Crippen LogP contribution >= 0.6 is 0 Å². The predicted octanol–water partition coefficient (Wildman–Crippen LogP) is 2.39. The summed E-state index contributed by atoms with van der Waals surface area (Å²) >= 11 is 0. The van der Waals surface area contributed by atoms with Gasteiger partial charge in [-0.25, -0.2) is 9.37 Å². The van der Waals surface area contributed by atoms with Crippen molar-refractivity contribution in [1.82, 2.24) is 14.9 Å². The monoisotopic (exact) mass is 384 g/mol. The number of nitrogens with zero attached hydrogens (tertiary/aromatic N) is 4. The fourth-order valence-electron chi connectivity index (χ4n) is 3.74. The third-order valence-corrected chi connectivity index (χ3v) is 5.54. The quantitative estimate of drug-likeness (QED) is 0.843. The van der Waals surface area contributed by atoms with Crippen molar-refractivity contribution in [3.8, 4) is 0 Å². The number of hydrogen-bond acceptors (Lipinski definition) is 6. The van der Waals surface area contributed by atoms with Crippen LogP contribution in [-0.4, -0.2) is 53.0 Å². The Balaban J connectivity index is 1.43. The predicted molar refractivity (Wildman–Crippen MR) is 107 cm³/mol. The number of hydrogen-bond donors (Lipinski definition) is 2. The maximum Gasteiger partial charge on any atom is 0.246 e. The van der Waals surface area contributed by atoms with Crippen LogP contribution in [0.15, 0.2) is 24.3 Å². The summed E-state index contributed by atoms with van der Waals surface area (Å²) in [7, 11) is 1.87. The molecule has 1 unspecified atom stereocenters. The van der Waals surface area contributed by atoms with E-state index in [1.165, 1.54) is 12.1 Å². The zero-order valence-corrected chi connectivity index (χ0v) is 16.4. The molecule has 1 aromatic heterocycles. The SMILES string of the molecule is Cc1nc(NC2CCN(Cc3ccc(F)cc3)C2)nc2c1NC(=O)[C@H](C)N2C. The van der Waals surface area contributed by atoms with E-state index < -0.39 is 0 Å². The van der Waals surface area contributed by atoms with Crippen LogP contribution in [0.4, 0.5) is 21.8 Å². The highest BCUT2D eigenvalue weighted by Crippen LogP contribution is 2.32. The van der Waals surface area contributed by atoms with Gasteiger partial charge in [0.1, 0.15) is 17.5 Å². The molecule has 7 nitrogen and oxygen atoms in total. The van der Waals surface area contributed by atoms with Gasteiger partial charge in [-0.05, 0) is 38.0 Å². The molecule has 28 heavy (non-hydrogen) atoms. The number of aryl methyl sites for hydroxylation is 1. The second kappa shape index (κ2) is 7.35. The number of carbonyl (C=O) groups is 1. The molecule has 0 aliphatic carbocycles. The summed E-state index contributed by atoms with van der Waals surface area (Å²) in [6.07, 6.45) is 0.990. The second-order valence-corrected chi connectivity index (χ2v) is 7.60. The Morgan fingerprint density at radius 2 is 2.04 bits per heavy atom. The molecule has 2 aromatic rings. The van der Waals surface area contributed by atoms with E-state index in [4.69, 9.17) is 0 Å². The van der Waals surface area contributed by atoms with Crippen molar-refractivity contribution in [2.45, 2.75) is 38.9 Å². The lowest BCUT2D eigenvalue weighted by Crippen LogP contribution is -2.45. The van der Waals surface area contributed by atoms with Gasteiger partial charge in [-0.1, -0.05) is 12.1 Å². The zero-order valence-electron chi connectivity index (χ0n) is 16.4. The highest BCUT2D eigenvalue weighted by atomic mass is 19.1. The molecule has 0 saturated carbocycles. The van der Waals surface area contributed by atoms with E-state index in [9.17, 15) is 9.18 Å². The normalized spacial score (nSPS) is 22.1. The average molecular weight is 384 g/mol. The van der Waals surface area contributed by atoms with Gasteiger partial charge in [-0.2, -0.15) is 4.98 Å². The molecule has 1 aromatic carbocycles. The Morgan fingerprint density at radius 1 is 1.29 bits per heavy atom. The minimum absolute atomic E-state index is 0.0466. The van der Waals surface area contributed by atoms with Crippen LogP contribution in [0.3, 0.4) is 0 Å². The van der Waals surface area contributed by atoms with Crippen LogP contribution in [0, 0.1) is 12.7 Å². The Hall–Kier alpha value is -2.74. The first kappa shape index (κ1) is 18.6. The Labute approximate surface area is 164 Å². The van der Waals surface area contributed by atoms with Gasteiger partial charge in [0, 0.05) is 32.7 Å². The minimum Gasteiger partial charge on any atom is -0.350 e. The minimum atomic E-state index is -0.271. The van der Waals surface area contributed by atoms with Crippen molar-refractivity contribution in [3.63, 3.8) is 0 Å². The highest BCUT2D eigenvalue weighted by molar-refractivity contribution is 6.03. The standard InChI is InChI=1S/C20H25FN6O/c1-12-17-18(26(3)13(2)19(28)24-17)25-20(22-12)23-16-8-9-27(11-16)10-14-4-6-15(21)7-5-14/h4-7,13,16H,8-11H2,1-3H3,(H,24,28)(H,22,23,25)/t13-,16?/m0/s1. The Kier molecular flexibility index (Phi) is 4.89. The summed E-state index contributed by atoms with van der Waals surface area (Å²) in [6, 6.07) is 6.64. The first-order valence-electron chi connectivity index (χ1n) is 9.56. The average Bonchev–Trinajstić information content (AvgIpc) is 3.10. The van der Waals surface area contributed by atoms with Gasteiger partial charge in [0.05, 0.1) is 5.69 Å². The van der Waals surface area contributed by atoms with Crippen molar-refractivity contribution in [3.05, 3.63) is 41.3 Å². The Bertz CT molecular complexity index is 887. The lowest BCUT2D eigenvalue weighted by molar-refractivity contribution is -0.117. The van der Waals surface area contributed by atoms with Crippen molar-refractivity contribution < 1.29 is 9.18 Å². The smallest absolute Gasteiger partial charge is 0.246 e. The molecule has 0 spiro atoms. The molecule has 0 radical (unpaired) electrons. The molecule has 1 saturated heterocycles. The zero-order chi connectivity index (χ0) is 19.8. The first-order chi connectivity index (χ1) is 13.4. The molecule has 2 N–H and O–H groups in total. The van der Waals surface area contributed by atoms with Crippen LogP contribution in [-0.2, 0) is 11.3 Å². The van der Waals surface area contributed by atoms with E-state index in [0.717, 1.165) is 43.1 Å². The van der Waals surface area contributed by atoms with Crippen molar-refractivity contribution >= 4 is 23.4 Å². The lowest BCUT2D eigenvalue weighted by Gasteiger charge is -2.32. The van der Waals surface area contributed by atoms with E-state index in [1.54, 1.807) is 0 Å². The molecule has 148 valence electrons. The number of fused-ring (bicyclic) bond motifs is 1. The summed E-state index contributed by atoms with van der Waals surface area (Å²) < 4.78 is 13.1. The summed E-state index contributed by atoms with van der Waals surface area (Å²) in [5.74, 6) is 1.07. The van der Waals surface area contributed by atoms with E-state index in [2.05, 4.69) is 25.5 Å². The number of aromatic nitrogens is 2.